The molecule has 0 aliphatic rings. The molecule has 54 heavy (non-hydrogen) atoms. The lowest BCUT2D eigenvalue weighted by molar-refractivity contribution is 0.163. The molecule has 0 aliphatic heterocycles. The SMILES string of the molecule is C#CC(O)(C#CC(O)c1c(F)ccc(-c2ccn3nc(-c4ccc(F)cc4)cc3c2)c1F)c1ccccc1-c1ccn2nc(-c3ccc(F)cc3)cc2c1. The molecule has 262 valence electrons. The fourth-order valence-corrected chi connectivity index (χ4v) is 6.37. The lowest BCUT2D eigenvalue weighted by Gasteiger charge is -2.20. The van der Waals surface area contributed by atoms with Gasteiger partial charge >= 0.3 is 0 Å². The molecule has 4 aromatic carbocycles. The van der Waals surface area contributed by atoms with Crippen LogP contribution in [0.3, 0.4) is 0 Å². The van der Waals surface area contributed by atoms with E-state index in [2.05, 4.69) is 28.0 Å². The third kappa shape index (κ3) is 6.26. The van der Waals surface area contributed by atoms with Crippen LogP contribution in [0.2, 0.25) is 0 Å². The van der Waals surface area contributed by atoms with E-state index >= 15 is 8.78 Å². The Balaban J connectivity index is 1.11. The first-order chi connectivity index (χ1) is 26.1. The van der Waals surface area contributed by atoms with Crippen molar-refractivity contribution in [1.82, 2.24) is 19.2 Å². The zero-order chi connectivity index (χ0) is 37.6. The number of benzene rings is 4. The van der Waals surface area contributed by atoms with Crippen LogP contribution in [0.15, 0.2) is 134 Å². The summed E-state index contributed by atoms with van der Waals surface area (Å²) in [5.41, 5.74) is 2.68. The monoisotopic (exact) mass is 718 g/mol. The molecule has 2 unspecified atom stereocenters. The largest absolute Gasteiger partial charge is 0.376 e. The van der Waals surface area contributed by atoms with Gasteiger partial charge in [0.05, 0.1) is 28.0 Å². The lowest BCUT2D eigenvalue weighted by Crippen LogP contribution is -2.22. The van der Waals surface area contributed by atoms with E-state index in [9.17, 15) is 19.0 Å². The summed E-state index contributed by atoms with van der Waals surface area (Å²) in [5.74, 6) is 4.36. The third-order valence-corrected chi connectivity index (χ3v) is 9.14. The summed E-state index contributed by atoms with van der Waals surface area (Å²) in [6.45, 7) is 0. The Kier molecular flexibility index (Phi) is 8.55. The van der Waals surface area contributed by atoms with Crippen molar-refractivity contribution in [3.8, 4) is 69.0 Å². The maximum absolute atomic E-state index is 16.1. The molecule has 0 amide bonds. The van der Waals surface area contributed by atoms with E-state index in [1.54, 1.807) is 94.2 Å². The van der Waals surface area contributed by atoms with Gasteiger partial charge in [0.1, 0.15) is 29.4 Å². The molecule has 0 aliphatic carbocycles. The average molecular weight is 719 g/mol. The minimum Gasteiger partial charge on any atom is -0.376 e. The predicted octanol–water partition coefficient (Wildman–Crippen LogP) is 8.76. The summed E-state index contributed by atoms with van der Waals surface area (Å²) in [6.07, 6.45) is 7.16. The normalized spacial score (nSPS) is 12.9. The van der Waals surface area contributed by atoms with Crippen molar-refractivity contribution in [3.05, 3.63) is 168 Å². The molecular formula is C44H26F4N4O2. The van der Waals surface area contributed by atoms with Crippen molar-refractivity contribution in [1.29, 1.82) is 0 Å². The molecule has 0 saturated heterocycles. The van der Waals surface area contributed by atoms with Crippen LogP contribution in [0.5, 0.6) is 0 Å². The van der Waals surface area contributed by atoms with Gasteiger partial charge in [-0.25, -0.2) is 26.6 Å². The number of hydrogen-bond donors (Lipinski definition) is 2. The zero-order valence-electron chi connectivity index (χ0n) is 28.1. The molecule has 4 aromatic heterocycles. The van der Waals surface area contributed by atoms with Crippen LogP contribution in [0.25, 0.3) is 55.8 Å². The summed E-state index contributed by atoms with van der Waals surface area (Å²) in [6, 6.07) is 31.3. The van der Waals surface area contributed by atoms with E-state index in [4.69, 9.17) is 6.42 Å². The highest BCUT2D eigenvalue weighted by Crippen LogP contribution is 2.35. The van der Waals surface area contributed by atoms with Crippen molar-refractivity contribution in [3.63, 3.8) is 0 Å². The van der Waals surface area contributed by atoms with Gasteiger partial charge in [-0.15, -0.1) is 6.42 Å². The molecule has 2 atom stereocenters. The van der Waals surface area contributed by atoms with Gasteiger partial charge in [-0.2, -0.15) is 10.2 Å². The van der Waals surface area contributed by atoms with Crippen molar-refractivity contribution in [2.24, 2.45) is 0 Å². The Hall–Kier alpha value is -6.98. The molecule has 4 heterocycles. The van der Waals surface area contributed by atoms with E-state index in [1.165, 1.54) is 30.3 Å². The minimum absolute atomic E-state index is 0.00492. The number of aliphatic hydroxyl groups is 2. The maximum atomic E-state index is 16.1. The molecule has 10 heteroatoms. The van der Waals surface area contributed by atoms with Crippen LogP contribution >= 0.6 is 0 Å². The quantitative estimate of drug-likeness (QED) is 0.133. The van der Waals surface area contributed by atoms with E-state index in [0.29, 0.717) is 44.7 Å². The predicted molar refractivity (Wildman–Crippen MR) is 197 cm³/mol. The first kappa shape index (κ1) is 34.1. The standard InChI is InChI=1S/C44H26F4N4O2/c1-2-44(54,37-6-4-3-5-35(37)29-18-21-51-33(23-29)25-39(49-51)27-7-11-31(45)12-8-27)20-17-41(53)42-38(47)16-15-36(43(42)48)30-19-22-52-34(24-30)26-40(50-52)28-9-13-32(46)14-10-28/h1,3-16,18-19,21-26,41,53-54H. The number of nitrogens with zero attached hydrogens (tertiary/aromatic N) is 4. The Morgan fingerprint density at radius 2 is 1.17 bits per heavy atom. The maximum Gasteiger partial charge on any atom is 0.214 e. The highest BCUT2D eigenvalue weighted by molar-refractivity contribution is 5.77. The number of halogens is 4. The molecule has 0 radical (unpaired) electrons. The van der Waals surface area contributed by atoms with Gasteiger partial charge in [0.15, 0.2) is 0 Å². The van der Waals surface area contributed by atoms with Crippen molar-refractivity contribution < 1.29 is 27.8 Å². The van der Waals surface area contributed by atoms with E-state index in [1.807, 2.05) is 12.1 Å². The second kappa shape index (κ2) is 13.5. The first-order valence-electron chi connectivity index (χ1n) is 16.6. The zero-order valence-corrected chi connectivity index (χ0v) is 28.1. The first-order valence-corrected chi connectivity index (χ1v) is 16.6. The molecule has 2 N–H and O–H groups in total. The van der Waals surface area contributed by atoms with E-state index in [0.717, 1.165) is 11.6 Å². The number of pyridine rings is 2. The molecule has 6 nitrogen and oxygen atoms in total. The van der Waals surface area contributed by atoms with Crippen LogP contribution in [-0.2, 0) is 5.60 Å². The molecule has 8 aromatic rings. The molecule has 0 spiro atoms. The second-order valence-electron chi connectivity index (χ2n) is 12.5. The Morgan fingerprint density at radius 1 is 0.630 bits per heavy atom. The van der Waals surface area contributed by atoms with Gasteiger partial charge in [0, 0.05) is 34.6 Å². The van der Waals surface area contributed by atoms with Crippen molar-refractivity contribution >= 4 is 11.0 Å². The number of rotatable bonds is 6. The highest BCUT2D eigenvalue weighted by atomic mass is 19.1. The van der Waals surface area contributed by atoms with Gasteiger partial charge in [0.25, 0.3) is 0 Å². The molecular weight excluding hydrogens is 693 g/mol. The van der Waals surface area contributed by atoms with Gasteiger partial charge < -0.3 is 10.2 Å². The fraction of sp³-hybridized carbons (Fsp3) is 0.0455. The van der Waals surface area contributed by atoms with Crippen LogP contribution in [0, 0.1) is 47.5 Å². The van der Waals surface area contributed by atoms with Gasteiger partial charge in [-0.1, -0.05) is 36.1 Å². The molecule has 0 saturated carbocycles. The van der Waals surface area contributed by atoms with Crippen LogP contribution in [0.4, 0.5) is 17.6 Å². The number of aromatic nitrogens is 4. The van der Waals surface area contributed by atoms with Crippen LogP contribution in [0.1, 0.15) is 17.2 Å². The van der Waals surface area contributed by atoms with Crippen molar-refractivity contribution in [2.45, 2.75) is 11.7 Å². The number of terminal acetylenes is 1. The van der Waals surface area contributed by atoms with Crippen molar-refractivity contribution in [2.75, 3.05) is 0 Å². The van der Waals surface area contributed by atoms with E-state index < -0.39 is 28.9 Å². The smallest absolute Gasteiger partial charge is 0.214 e. The lowest BCUT2D eigenvalue weighted by atomic mass is 9.87. The van der Waals surface area contributed by atoms with Crippen LogP contribution in [-0.4, -0.2) is 29.4 Å². The summed E-state index contributed by atoms with van der Waals surface area (Å²) in [4.78, 5) is 0. The third-order valence-electron chi connectivity index (χ3n) is 9.14. The fourth-order valence-electron chi connectivity index (χ4n) is 6.37. The number of aliphatic hydroxyl groups excluding tert-OH is 1. The van der Waals surface area contributed by atoms with Crippen LogP contribution < -0.4 is 0 Å². The van der Waals surface area contributed by atoms with E-state index in [-0.39, 0.29) is 22.8 Å². The molecule has 0 bridgehead atoms. The minimum atomic E-state index is -2.27. The molecule has 0 fully saturated rings. The van der Waals surface area contributed by atoms with Gasteiger partial charge in [-0.05, 0) is 120 Å². The topological polar surface area (TPSA) is 75.1 Å². The number of fused-ring (bicyclic) bond motifs is 2. The molecule has 8 rings (SSSR count). The van der Waals surface area contributed by atoms with Gasteiger partial charge in [0.2, 0.25) is 5.60 Å². The number of hydrogen-bond acceptors (Lipinski definition) is 4. The Morgan fingerprint density at radius 3 is 1.72 bits per heavy atom. The average Bonchev–Trinajstić information content (AvgIpc) is 3.82. The summed E-state index contributed by atoms with van der Waals surface area (Å²) >= 11 is 0. The Labute approximate surface area is 306 Å². The highest BCUT2D eigenvalue weighted by Gasteiger charge is 2.29. The summed E-state index contributed by atoms with van der Waals surface area (Å²) < 4.78 is 61.4. The van der Waals surface area contributed by atoms with Gasteiger partial charge in [-0.3, -0.25) is 0 Å². The second-order valence-corrected chi connectivity index (χ2v) is 12.5. The summed E-state index contributed by atoms with van der Waals surface area (Å²) in [7, 11) is 0. The summed E-state index contributed by atoms with van der Waals surface area (Å²) in [5, 5.41) is 31.9. The Bertz CT molecular complexity index is 2830.